The molecular weight excluding hydrogens is 338 g/mol. The molecule has 0 fully saturated rings. The van der Waals surface area contributed by atoms with Crippen LogP contribution >= 0.6 is 11.6 Å². The predicted octanol–water partition coefficient (Wildman–Crippen LogP) is 2.28. The molecule has 1 amide bonds. The molecule has 0 aliphatic rings. The molecule has 24 heavy (non-hydrogen) atoms. The highest BCUT2D eigenvalue weighted by molar-refractivity contribution is 6.30. The molecule has 2 aromatic rings. The summed E-state index contributed by atoms with van der Waals surface area (Å²) < 4.78 is 31.9. The molecule has 7 heteroatoms. The van der Waals surface area contributed by atoms with E-state index in [2.05, 4.69) is 5.32 Å². The van der Waals surface area contributed by atoms with Crippen LogP contribution in [0.4, 0.5) is 14.5 Å². The quantitative estimate of drug-likeness (QED) is 0.835. The van der Waals surface area contributed by atoms with Gasteiger partial charge in [-0.15, -0.1) is 0 Å². The van der Waals surface area contributed by atoms with Gasteiger partial charge in [0.25, 0.3) is 5.91 Å². The summed E-state index contributed by atoms with van der Waals surface area (Å²) in [7, 11) is 3.36. The van der Waals surface area contributed by atoms with E-state index in [-0.39, 0.29) is 12.2 Å². The molecule has 2 aromatic carbocycles. The molecule has 0 heterocycles. The number of carbonyl (C=O) groups is 1. The number of methoxy groups -OCH3 is 1. The zero-order chi connectivity index (χ0) is 17.7. The Hall–Kier alpha value is -2.18. The lowest BCUT2D eigenvalue weighted by molar-refractivity contribution is -0.885. The summed E-state index contributed by atoms with van der Waals surface area (Å²) >= 11 is 5.98. The number of benzene rings is 2. The monoisotopic (exact) mass is 355 g/mol. The Kier molecular flexibility index (Phi) is 6.11. The van der Waals surface area contributed by atoms with Crippen LogP contribution in [0.15, 0.2) is 36.4 Å². The van der Waals surface area contributed by atoms with Crippen molar-refractivity contribution in [2.45, 2.75) is 6.54 Å². The molecule has 4 nitrogen and oxygen atoms in total. The fraction of sp³-hybridized carbons (Fsp3) is 0.235. The number of hydrogen-bond acceptors (Lipinski definition) is 2. The molecule has 0 saturated heterocycles. The van der Waals surface area contributed by atoms with Gasteiger partial charge in [0.1, 0.15) is 23.9 Å². The van der Waals surface area contributed by atoms with Crippen LogP contribution in [0.3, 0.4) is 0 Å². The van der Waals surface area contributed by atoms with Crippen LogP contribution < -0.4 is 15.0 Å². The molecule has 2 rings (SSSR count). The summed E-state index contributed by atoms with van der Waals surface area (Å²) in [5.41, 5.74) is 0.681. The normalized spacial score (nSPS) is 11.9. The Bertz CT molecular complexity index is 741. The number of likely N-dealkylation sites (N-methyl/N-ethyl adjacent to an activating group) is 1. The van der Waals surface area contributed by atoms with Crippen molar-refractivity contribution in [1.82, 2.24) is 0 Å². The van der Waals surface area contributed by atoms with E-state index in [1.54, 1.807) is 25.3 Å². The second kappa shape index (κ2) is 8.08. The summed E-state index contributed by atoms with van der Waals surface area (Å²) in [6.45, 7) is 0.564. The topological polar surface area (TPSA) is 42.8 Å². The molecule has 0 aliphatic heterocycles. The van der Waals surface area contributed by atoms with Crippen molar-refractivity contribution in [2.24, 2.45) is 0 Å². The van der Waals surface area contributed by atoms with E-state index in [1.165, 1.54) is 0 Å². The van der Waals surface area contributed by atoms with Gasteiger partial charge in [0.15, 0.2) is 6.54 Å². The van der Waals surface area contributed by atoms with Crippen LogP contribution in [0, 0.1) is 11.6 Å². The third-order valence-corrected chi connectivity index (χ3v) is 3.63. The van der Waals surface area contributed by atoms with E-state index < -0.39 is 17.5 Å². The lowest BCUT2D eigenvalue weighted by Crippen LogP contribution is -3.08. The molecule has 0 aromatic heterocycles. The van der Waals surface area contributed by atoms with Gasteiger partial charge in [-0.25, -0.2) is 8.78 Å². The Labute approximate surface area is 144 Å². The molecule has 1 atom stereocenters. The van der Waals surface area contributed by atoms with E-state index in [9.17, 15) is 13.6 Å². The Morgan fingerprint density at radius 1 is 1.25 bits per heavy atom. The van der Waals surface area contributed by atoms with Gasteiger partial charge in [0.2, 0.25) is 0 Å². The maximum atomic E-state index is 13.5. The average molecular weight is 356 g/mol. The number of quaternary nitrogens is 1. The lowest BCUT2D eigenvalue weighted by atomic mass is 10.2. The lowest BCUT2D eigenvalue weighted by Gasteiger charge is -2.16. The highest BCUT2D eigenvalue weighted by Crippen LogP contribution is 2.21. The molecule has 128 valence electrons. The first-order valence-corrected chi connectivity index (χ1v) is 7.65. The number of rotatable bonds is 6. The minimum Gasteiger partial charge on any atom is -0.496 e. The second-order valence-corrected chi connectivity index (χ2v) is 5.88. The highest BCUT2D eigenvalue weighted by Gasteiger charge is 2.15. The van der Waals surface area contributed by atoms with E-state index >= 15 is 0 Å². The first kappa shape index (κ1) is 18.2. The minimum absolute atomic E-state index is 0.0750. The van der Waals surface area contributed by atoms with E-state index in [4.69, 9.17) is 16.3 Å². The van der Waals surface area contributed by atoms with Gasteiger partial charge in [-0.3, -0.25) is 4.79 Å². The SMILES string of the molecule is COc1ccc(Cl)cc1C[NH+](C)CC(=O)Nc1cc(F)ccc1F. The van der Waals surface area contributed by atoms with Crippen molar-refractivity contribution in [1.29, 1.82) is 0 Å². The largest absolute Gasteiger partial charge is 0.496 e. The van der Waals surface area contributed by atoms with E-state index in [1.807, 2.05) is 7.05 Å². The van der Waals surface area contributed by atoms with Crippen molar-refractivity contribution in [3.63, 3.8) is 0 Å². The number of ether oxygens (including phenoxy) is 1. The first-order chi connectivity index (χ1) is 11.4. The molecule has 0 radical (unpaired) electrons. The Balaban J connectivity index is 1.99. The molecule has 0 bridgehead atoms. The maximum absolute atomic E-state index is 13.5. The number of anilines is 1. The predicted molar refractivity (Wildman–Crippen MR) is 88.4 cm³/mol. The molecule has 0 saturated carbocycles. The fourth-order valence-corrected chi connectivity index (χ4v) is 2.53. The zero-order valence-corrected chi connectivity index (χ0v) is 14.1. The first-order valence-electron chi connectivity index (χ1n) is 7.27. The average Bonchev–Trinajstić information content (AvgIpc) is 2.51. The molecule has 1 unspecified atom stereocenters. The van der Waals surface area contributed by atoms with Crippen LogP contribution in [0.5, 0.6) is 5.75 Å². The van der Waals surface area contributed by atoms with Crippen LogP contribution in [-0.4, -0.2) is 26.6 Å². The van der Waals surface area contributed by atoms with Gasteiger partial charge in [-0.05, 0) is 30.3 Å². The van der Waals surface area contributed by atoms with Crippen molar-refractivity contribution in [2.75, 3.05) is 26.0 Å². The van der Waals surface area contributed by atoms with Crippen molar-refractivity contribution >= 4 is 23.2 Å². The van der Waals surface area contributed by atoms with Crippen molar-refractivity contribution in [3.05, 3.63) is 58.6 Å². The summed E-state index contributed by atoms with van der Waals surface area (Å²) in [5, 5.41) is 2.95. The van der Waals surface area contributed by atoms with Crippen molar-refractivity contribution in [3.8, 4) is 5.75 Å². The molecule has 0 aliphatic carbocycles. The third kappa shape index (κ3) is 4.91. The van der Waals surface area contributed by atoms with Crippen molar-refractivity contribution < 1.29 is 23.2 Å². The van der Waals surface area contributed by atoms with Gasteiger partial charge in [-0.2, -0.15) is 0 Å². The number of halogens is 3. The fourth-order valence-electron chi connectivity index (χ4n) is 2.33. The summed E-state index contributed by atoms with van der Waals surface area (Å²) in [4.78, 5) is 12.9. The number of carbonyl (C=O) groups excluding carboxylic acids is 1. The zero-order valence-electron chi connectivity index (χ0n) is 13.3. The number of amides is 1. The van der Waals surface area contributed by atoms with Crippen LogP contribution in [-0.2, 0) is 11.3 Å². The van der Waals surface area contributed by atoms with Crippen LogP contribution in [0.25, 0.3) is 0 Å². The van der Waals surface area contributed by atoms with Gasteiger partial charge in [0.05, 0.1) is 19.8 Å². The molecule has 2 N–H and O–H groups in total. The van der Waals surface area contributed by atoms with Gasteiger partial charge >= 0.3 is 0 Å². The van der Waals surface area contributed by atoms with Gasteiger partial charge in [-0.1, -0.05) is 11.6 Å². The van der Waals surface area contributed by atoms with Gasteiger partial charge < -0.3 is 15.0 Å². The number of hydrogen-bond donors (Lipinski definition) is 2. The smallest absolute Gasteiger partial charge is 0.279 e. The Morgan fingerprint density at radius 2 is 2.00 bits per heavy atom. The van der Waals surface area contributed by atoms with E-state index in [0.717, 1.165) is 28.7 Å². The summed E-state index contributed by atoms with van der Waals surface area (Å²) in [5.74, 6) is -1.04. The van der Waals surface area contributed by atoms with Crippen LogP contribution in [0.2, 0.25) is 5.02 Å². The van der Waals surface area contributed by atoms with E-state index in [0.29, 0.717) is 17.3 Å². The molecular formula is C17H18ClF2N2O2+. The third-order valence-electron chi connectivity index (χ3n) is 3.40. The minimum atomic E-state index is -0.682. The summed E-state index contributed by atoms with van der Waals surface area (Å²) in [6, 6.07) is 8.16. The second-order valence-electron chi connectivity index (χ2n) is 5.44. The molecule has 0 spiro atoms. The summed E-state index contributed by atoms with van der Waals surface area (Å²) in [6.07, 6.45) is 0. The maximum Gasteiger partial charge on any atom is 0.279 e. The number of nitrogens with one attached hydrogen (secondary N) is 2. The van der Waals surface area contributed by atoms with Crippen LogP contribution in [0.1, 0.15) is 5.56 Å². The van der Waals surface area contributed by atoms with Gasteiger partial charge in [0, 0.05) is 16.7 Å². The highest BCUT2D eigenvalue weighted by atomic mass is 35.5. The Morgan fingerprint density at radius 3 is 2.71 bits per heavy atom. The standard InChI is InChI=1S/C17H17ClF2N2O2/c1-22(9-11-7-12(18)3-6-16(11)24-2)10-17(23)21-15-8-13(19)4-5-14(15)20/h3-8H,9-10H2,1-2H3,(H,21,23)/p+1.